The van der Waals surface area contributed by atoms with Gasteiger partial charge in [-0.15, -0.1) is 24.8 Å². The van der Waals surface area contributed by atoms with Crippen molar-refractivity contribution in [1.29, 1.82) is 0 Å². The second-order valence-electron chi connectivity index (χ2n) is 4.73. The van der Waals surface area contributed by atoms with Gasteiger partial charge >= 0.3 is 0 Å². The van der Waals surface area contributed by atoms with E-state index in [1.165, 1.54) is 22.5 Å². The maximum absolute atomic E-state index is 5.90. The molecule has 0 saturated carbocycles. The summed E-state index contributed by atoms with van der Waals surface area (Å²) in [6.07, 6.45) is 1.95. The molecule has 2 aromatic rings. The lowest BCUT2D eigenvalue weighted by atomic mass is 10.0. The molecule has 1 aliphatic heterocycles. The van der Waals surface area contributed by atoms with Crippen molar-refractivity contribution < 1.29 is 0 Å². The van der Waals surface area contributed by atoms with Gasteiger partial charge in [0.15, 0.2) is 0 Å². The van der Waals surface area contributed by atoms with E-state index in [0.29, 0.717) is 0 Å². The van der Waals surface area contributed by atoms with Crippen LogP contribution in [-0.4, -0.2) is 16.3 Å². The van der Waals surface area contributed by atoms with Crippen molar-refractivity contribution in [3.05, 3.63) is 51.8 Å². The molecule has 0 aliphatic carbocycles. The number of benzene rings is 1. The van der Waals surface area contributed by atoms with Crippen LogP contribution in [0.25, 0.3) is 0 Å². The van der Waals surface area contributed by atoms with Crippen molar-refractivity contribution in [1.82, 2.24) is 15.1 Å². The number of nitrogens with zero attached hydrogens (tertiary/aromatic N) is 2. The number of aromatic nitrogens is 2. The lowest BCUT2D eigenvalue weighted by Gasteiger charge is -2.14. The summed E-state index contributed by atoms with van der Waals surface area (Å²) in [7, 11) is 2.04. The van der Waals surface area contributed by atoms with Gasteiger partial charge in [-0.3, -0.25) is 4.68 Å². The number of rotatable bonds is 2. The molecule has 3 nitrogen and oxygen atoms in total. The molecule has 20 heavy (non-hydrogen) atoms. The number of aryl methyl sites for hydroxylation is 1. The van der Waals surface area contributed by atoms with Crippen molar-refractivity contribution >= 4 is 36.4 Å². The summed E-state index contributed by atoms with van der Waals surface area (Å²) in [6.45, 7) is 1.99. The SMILES string of the molecule is Cl.Cl.Cn1nc(Cc2ccc(Cl)cc2)c2c1CCNC2. The quantitative estimate of drug-likeness (QED) is 0.914. The van der Waals surface area contributed by atoms with Crippen molar-refractivity contribution in [3.63, 3.8) is 0 Å². The first-order valence-electron chi connectivity index (χ1n) is 6.23. The highest BCUT2D eigenvalue weighted by atomic mass is 35.5. The van der Waals surface area contributed by atoms with Crippen molar-refractivity contribution in [2.45, 2.75) is 19.4 Å². The maximum atomic E-state index is 5.90. The van der Waals surface area contributed by atoms with Crippen LogP contribution in [0.2, 0.25) is 5.02 Å². The van der Waals surface area contributed by atoms with E-state index in [-0.39, 0.29) is 24.8 Å². The smallest absolute Gasteiger partial charge is 0.0716 e. The third kappa shape index (κ3) is 3.47. The van der Waals surface area contributed by atoms with E-state index in [1.54, 1.807) is 0 Å². The Kier molecular flexibility index (Phi) is 6.34. The summed E-state index contributed by atoms with van der Waals surface area (Å²) in [5, 5.41) is 8.85. The van der Waals surface area contributed by atoms with Crippen LogP contribution in [0.3, 0.4) is 0 Å². The zero-order valence-corrected chi connectivity index (χ0v) is 13.6. The third-order valence-electron chi connectivity index (χ3n) is 3.48. The number of fused-ring (bicyclic) bond motifs is 1. The molecule has 1 aromatic heterocycles. The van der Waals surface area contributed by atoms with Crippen LogP contribution >= 0.6 is 36.4 Å². The van der Waals surface area contributed by atoms with Crippen molar-refractivity contribution in [2.75, 3.05) is 6.54 Å². The van der Waals surface area contributed by atoms with Gasteiger partial charge in [0.05, 0.1) is 5.69 Å². The third-order valence-corrected chi connectivity index (χ3v) is 3.74. The predicted molar refractivity (Wildman–Crippen MR) is 87.4 cm³/mol. The van der Waals surface area contributed by atoms with Gasteiger partial charge in [-0.1, -0.05) is 23.7 Å². The van der Waals surface area contributed by atoms with Crippen LogP contribution in [0.1, 0.15) is 22.5 Å². The number of halogens is 3. The van der Waals surface area contributed by atoms with Crippen LogP contribution in [0, 0.1) is 0 Å². The fraction of sp³-hybridized carbons (Fsp3) is 0.357. The Morgan fingerprint density at radius 1 is 1.25 bits per heavy atom. The number of hydrogen-bond donors (Lipinski definition) is 1. The number of nitrogens with one attached hydrogen (secondary N) is 1. The van der Waals surface area contributed by atoms with Gasteiger partial charge in [-0.25, -0.2) is 0 Å². The topological polar surface area (TPSA) is 29.9 Å². The number of hydrogen-bond acceptors (Lipinski definition) is 2. The Hall–Kier alpha value is -0.740. The fourth-order valence-corrected chi connectivity index (χ4v) is 2.66. The Bertz CT molecular complexity index is 564. The van der Waals surface area contributed by atoms with Crippen LogP contribution < -0.4 is 5.32 Å². The lowest BCUT2D eigenvalue weighted by molar-refractivity contribution is 0.604. The molecule has 0 unspecified atom stereocenters. The molecular weight excluding hydrogens is 317 g/mol. The molecule has 3 rings (SSSR count). The van der Waals surface area contributed by atoms with Crippen molar-refractivity contribution in [2.24, 2.45) is 7.05 Å². The Balaban J connectivity index is 0.000001000. The van der Waals surface area contributed by atoms with Gasteiger partial charge in [0.25, 0.3) is 0 Å². The van der Waals surface area contributed by atoms with Gasteiger partial charge < -0.3 is 5.32 Å². The van der Waals surface area contributed by atoms with E-state index in [9.17, 15) is 0 Å². The Labute approximate surface area is 136 Å². The highest BCUT2D eigenvalue weighted by Gasteiger charge is 2.18. The predicted octanol–water partition coefficient (Wildman–Crippen LogP) is 3.15. The van der Waals surface area contributed by atoms with Gasteiger partial charge in [-0.2, -0.15) is 5.10 Å². The van der Waals surface area contributed by atoms with Gasteiger partial charge in [0.1, 0.15) is 0 Å². The molecule has 0 bridgehead atoms. The molecule has 0 spiro atoms. The highest BCUT2D eigenvalue weighted by Crippen LogP contribution is 2.21. The molecule has 1 aromatic carbocycles. The summed E-state index contributed by atoms with van der Waals surface area (Å²) in [5.41, 5.74) is 5.18. The maximum Gasteiger partial charge on any atom is 0.0716 e. The monoisotopic (exact) mass is 333 g/mol. The summed E-state index contributed by atoms with van der Waals surface area (Å²) in [6, 6.07) is 8.01. The summed E-state index contributed by atoms with van der Waals surface area (Å²) >= 11 is 5.90. The lowest BCUT2D eigenvalue weighted by Crippen LogP contribution is -2.24. The minimum absolute atomic E-state index is 0. The molecule has 0 saturated heterocycles. The molecule has 6 heteroatoms. The first-order chi connectivity index (χ1) is 8.74. The standard InChI is InChI=1S/C14H16ClN3.2ClH/c1-18-14-6-7-16-9-12(14)13(17-18)8-10-2-4-11(15)5-3-10;;/h2-5,16H,6-9H2,1H3;2*1H. The molecule has 0 radical (unpaired) electrons. The summed E-state index contributed by atoms with van der Waals surface area (Å²) in [5.74, 6) is 0. The average Bonchev–Trinajstić information content (AvgIpc) is 2.70. The largest absolute Gasteiger partial charge is 0.312 e. The fourth-order valence-electron chi connectivity index (χ4n) is 2.54. The normalized spacial score (nSPS) is 13.1. The van der Waals surface area contributed by atoms with Crippen LogP contribution in [0.15, 0.2) is 24.3 Å². The second kappa shape index (κ2) is 7.32. The summed E-state index contributed by atoms with van der Waals surface area (Å²) in [4.78, 5) is 0. The van der Waals surface area contributed by atoms with E-state index in [4.69, 9.17) is 11.6 Å². The Morgan fingerprint density at radius 2 is 1.95 bits per heavy atom. The van der Waals surface area contributed by atoms with E-state index in [2.05, 4.69) is 22.5 Å². The average molecular weight is 335 g/mol. The van der Waals surface area contributed by atoms with Crippen LogP contribution in [0.5, 0.6) is 0 Å². The highest BCUT2D eigenvalue weighted by molar-refractivity contribution is 6.30. The first kappa shape index (κ1) is 17.3. The van der Waals surface area contributed by atoms with Gasteiger partial charge in [-0.05, 0) is 17.7 Å². The first-order valence-corrected chi connectivity index (χ1v) is 6.60. The minimum atomic E-state index is 0. The van der Waals surface area contributed by atoms with E-state index >= 15 is 0 Å². The van der Waals surface area contributed by atoms with Crippen LogP contribution in [0.4, 0.5) is 0 Å². The molecule has 0 fully saturated rings. The summed E-state index contributed by atoms with van der Waals surface area (Å²) < 4.78 is 2.03. The Morgan fingerprint density at radius 3 is 2.65 bits per heavy atom. The molecule has 0 amide bonds. The van der Waals surface area contributed by atoms with Gasteiger partial charge in [0, 0.05) is 49.3 Å². The van der Waals surface area contributed by atoms with E-state index < -0.39 is 0 Å². The molecule has 1 aliphatic rings. The molecule has 2 heterocycles. The van der Waals surface area contributed by atoms with E-state index in [1.807, 2.05) is 23.9 Å². The molecule has 110 valence electrons. The second-order valence-corrected chi connectivity index (χ2v) is 5.16. The minimum Gasteiger partial charge on any atom is -0.312 e. The van der Waals surface area contributed by atoms with E-state index in [0.717, 1.165) is 31.0 Å². The molecule has 0 atom stereocenters. The molecular formula is C14H18Cl3N3. The zero-order chi connectivity index (χ0) is 12.5. The van der Waals surface area contributed by atoms with Crippen LogP contribution in [-0.2, 0) is 26.4 Å². The van der Waals surface area contributed by atoms with Gasteiger partial charge in [0.2, 0.25) is 0 Å². The molecule has 1 N–H and O–H groups in total. The van der Waals surface area contributed by atoms with Crippen molar-refractivity contribution in [3.8, 4) is 0 Å². The zero-order valence-electron chi connectivity index (χ0n) is 11.2.